The molecule has 1 amide bonds. The summed E-state index contributed by atoms with van der Waals surface area (Å²) in [4.78, 5) is 22.8. The van der Waals surface area contributed by atoms with Crippen LogP contribution in [-0.4, -0.2) is 48.8 Å². The monoisotopic (exact) mass is 370 g/mol. The first-order chi connectivity index (χ1) is 13.1. The van der Waals surface area contributed by atoms with Crippen molar-refractivity contribution in [1.82, 2.24) is 29.8 Å². The molecule has 1 fully saturated rings. The maximum Gasteiger partial charge on any atom is 0.230 e. The van der Waals surface area contributed by atoms with Crippen LogP contribution >= 0.6 is 0 Å². The number of rotatable bonds is 4. The number of benzene rings is 1. The maximum absolute atomic E-state index is 13.0. The minimum absolute atomic E-state index is 0.0436. The van der Waals surface area contributed by atoms with Gasteiger partial charge in [-0.05, 0) is 37.1 Å². The minimum atomic E-state index is -0.305. The fraction of sp³-hybridized carbons (Fsp3) is 0.389. The van der Waals surface area contributed by atoms with Crippen LogP contribution in [0.2, 0.25) is 0 Å². The van der Waals surface area contributed by atoms with Gasteiger partial charge in [-0.2, -0.15) is 10.1 Å². The summed E-state index contributed by atoms with van der Waals surface area (Å²) in [5.41, 5.74) is 0.711. The van der Waals surface area contributed by atoms with Crippen molar-refractivity contribution in [1.29, 1.82) is 0 Å². The zero-order valence-corrected chi connectivity index (χ0v) is 14.9. The van der Waals surface area contributed by atoms with Gasteiger partial charge in [0, 0.05) is 31.6 Å². The summed E-state index contributed by atoms with van der Waals surface area (Å²) >= 11 is 0. The number of likely N-dealkylation sites (tertiary alicyclic amines) is 1. The number of nitrogens with zero attached hydrogens (tertiary/aromatic N) is 6. The van der Waals surface area contributed by atoms with Crippen molar-refractivity contribution in [3.8, 4) is 11.4 Å². The van der Waals surface area contributed by atoms with Gasteiger partial charge in [0.25, 0.3) is 0 Å². The Bertz CT molecular complexity index is 927. The van der Waals surface area contributed by atoms with E-state index in [1.807, 2.05) is 4.90 Å². The summed E-state index contributed by atoms with van der Waals surface area (Å²) < 4.78 is 20.1. The molecule has 9 heteroatoms. The first-order valence-electron chi connectivity index (χ1n) is 8.80. The molecule has 0 spiro atoms. The number of halogens is 1. The molecule has 0 bridgehead atoms. The van der Waals surface area contributed by atoms with Gasteiger partial charge in [0.05, 0.1) is 6.42 Å². The van der Waals surface area contributed by atoms with E-state index >= 15 is 0 Å². The molecule has 0 radical (unpaired) electrons. The second-order valence-electron chi connectivity index (χ2n) is 6.59. The van der Waals surface area contributed by atoms with Crippen molar-refractivity contribution in [3.05, 3.63) is 48.1 Å². The second kappa shape index (κ2) is 7.26. The third kappa shape index (κ3) is 3.71. The molecule has 1 aliphatic heterocycles. The first kappa shape index (κ1) is 17.3. The highest BCUT2D eigenvalue weighted by Crippen LogP contribution is 2.28. The molecule has 0 N–H and O–H groups in total. The summed E-state index contributed by atoms with van der Waals surface area (Å²) in [6.07, 6.45) is 3.21. The van der Waals surface area contributed by atoms with Crippen LogP contribution in [0.25, 0.3) is 11.4 Å². The van der Waals surface area contributed by atoms with E-state index in [0.717, 1.165) is 12.8 Å². The van der Waals surface area contributed by atoms with E-state index in [2.05, 4.69) is 20.2 Å². The molecular weight excluding hydrogens is 351 g/mol. The lowest BCUT2D eigenvalue weighted by Crippen LogP contribution is -2.39. The molecule has 0 atom stereocenters. The van der Waals surface area contributed by atoms with Gasteiger partial charge in [-0.3, -0.25) is 9.48 Å². The molecule has 0 aliphatic carbocycles. The van der Waals surface area contributed by atoms with E-state index in [0.29, 0.717) is 36.2 Å². The lowest BCUT2D eigenvalue weighted by molar-refractivity contribution is -0.131. The number of piperidine rings is 1. The fourth-order valence-electron chi connectivity index (χ4n) is 3.22. The molecule has 1 aliphatic rings. The van der Waals surface area contributed by atoms with Gasteiger partial charge in [0.1, 0.15) is 18.0 Å². The third-order valence-corrected chi connectivity index (χ3v) is 4.86. The SMILES string of the molecule is Cn1ncnc1CC(=O)N1CCC(c2nc(-c3ccc(F)cc3)no2)CC1. The highest BCUT2D eigenvalue weighted by molar-refractivity contribution is 5.78. The van der Waals surface area contributed by atoms with E-state index in [1.54, 1.807) is 23.9 Å². The van der Waals surface area contributed by atoms with Gasteiger partial charge >= 0.3 is 0 Å². The average Bonchev–Trinajstić information content (AvgIpc) is 3.32. The Morgan fingerprint density at radius 1 is 1.26 bits per heavy atom. The standard InChI is InChI=1S/C18H19FN6O2/c1-24-15(20-11-21-24)10-16(26)25-8-6-13(7-9-25)18-22-17(23-27-18)12-2-4-14(19)5-3-12/h2-5,11,13H,6-10H2,1H3. The lowest BCUT2D eigenvalue weighted by Gasteiger charge is -2.30. The van der Waals surface area contributed by atoms with Gasteiger partial charge in [-0.25, -0.2) is 9.37 Å². The summed E-state index contributed by atoms with van der Waals surface area (Å²) in [7, 11) is 1.77. The Balaban J connectivity index is 1.36. The van der Waals surface area contributed by atoms with E-state index in [-0.39, 0.29) is 24.1 Å². The van der Waals surface area contributed by atoms with Crippen LogP contribution in [0.5, 0.6) is 0 Å². The zero-order valence-electron chi connectivity index (χ0n) is 14.9. The van der Waals surface area contributed by atoms with E-state index < -0.39 is 0 Å². The zero-order chi connectivity index (χ0) is 18.8. The summed E-state index contributed by atoms with van der Waals surface area (Å²) in [5, 5.41) is 7.98. The second-order valence-corrected chi connectivity index (χ2v) is 6.59. The summed E-state index contributed by atoms with van der Waals surface area (Å²) in [6, 6.07) is 5.98. The van der Waals surface area contributed by atoms with Crippen molar-refractivity contribution in [2.24, 2.45) is 7.05 Å². The highest BCUT2D eigenvalue weighted by atomic mass is 19.1. The van der Waals surface area contributed by atoms with Crippen molar-refractivity contribution in [2.45, 2.75) is 25.2 Å². The first-order valence-corrected chi connectivity index (χ1v) is 8.80. The Kier molecular flexibility index (Phi) is 4.66. The van der Waals surface area contributed by atoms with E-state index in [1.165, 1.54) is 18.5 Å². The van der Waals surface area contributed by atoms with Crippen LogP contribution in [-0.2, 0) is 18.3 Å². The number of amides is 1. The molecule has 0 unspecified atom stereocenters. The van der Waals surface area contributed by atoms with Crippen LogP contribution in [0.3, 0.4) is 0 Å². The molecule has 140 valence electrons. The number of hydrogen-bond acceptors (Lipinski definition) is 6. The number of carbonyl (C=O) groups excluding carboxylic acids is 1. The van der Waals surface area contributed by atoms with Gasteiger partial charge in [-0.1, -0.05) is 5.16 Å². The smallest absolute Gasteiger partial charge is 0.230 e. The molecule has 4 rings (SSSR count). The van der Waals surface area contributed by atoms with Gasteiger partial charge in [-0.15, -0.1) is 0 Å². The van der Waals surface area contributed by atoms with Gasteiger partial charge < -0.3 is 9.42 Å². The quantitative estimate of drug-likeness (QED) is 0.697. The van der Waals surface area contributed by atoms with E-state index in [9.17, 15) is 9.18 Å². The Labute approximate surface area is 155 Å². The molecule has 0 saturated carbocycles. The number of hydrogen-bond donors (Lipinski definition) is 0. The Morgan fingerprint density at radius 3 is 2.67 bits per heavy atom. The Morgan fingerprint density at radius 2 is 2.00 bits per heavy atom. The number of aromatic nitrogens is 5. The molecule has 1 saturated heterocycles. The number of carbonyl (C=O) groups is 1. The topological polar surface area (TPSA) is 89.9 Å². The van der Waals surface area contributed by atoms with Crippen molar-refractivity contribution in [3.63, 3.8) is 0 Å². The largest absolute Gasteiger partial charge is 0.342 e. The number of aryl methyl sites for hydroxylation is 1. The Hall–Kier alpha value is -3.10. The van der Waals surface area contributed by atoms with Crippen molar-refractivity contribution < 1.29 is 13.7 Å². The maximum atomic E-state index is 13.0. The van der Waals surface area contributed by atoms with Crippen LogP contribution in [0, 0.1) is 5.82 Å². The van der Waals surface area contributed by atoms with Crippen LogP contribution in [0.1, 0.15) is 30.5 Å². The van der Waals surface area contributed by atoms with Gasteiger partial charge in [0.15, 0.2) is 0 Å². The van der Waals surface area contributed by atoms with E-state index in [4.69, 9.17) is 4.52 Å². The highest BCUT2D eigenvalue weighted by Gasteiger charge is 2.28. The lowest BCUT2D eigenvalue weighted by atomic mass is 9.96. The molecule has 1 aromatic carbocycles. The fourth-order valence-corrected chi connectivity index (χ4v) is 3.22. The molecule has 8 nitrogen and oxygen atoms in total. The summed E-state index contributed by atoms with van der Waals surface area (Å²) in [5.74, 6) is 1.52. The summed E-state index contributed by atoms with van der Waals surface area (Å²) in [6.45, 7) is 1.27. The van der Waals surface area contributed by atoms with Crippen LogP contribution in [0.15, 0.2) is 35.1 Å². The molecule has 3 aromatic rings. The van der Waals surface area contributed by atoms with Crippen molar-refractivity contribution >= 4 is 5.91 Å². The van der Waals surface area contributed by atoms with Crippen LogP contribution in [0.4, 0.5) is 4.39 Å². The van der Waals surface area contributed by atoms with Gasteiger partial charge in [0.2, 0.25) is 17.6 Å². The minimum Gasteiger partial charge on any atom is -0.342 e. The molecular formula is C18H19FN6O2. The molecule has 3 heterocycles. The normalized spacial score (nSPS) is 15.3. The van der Waals surface area contributed by atoms with Crippen LogP contribution < -0.4 is 0 Å². The third-order valence-electron chi connectivity index (χ3n) is 4.86. The molecule has 2 aromatic heterocycles. The predicted octanol–water partition coefficient (Wildman–Crippen LogP) is 1.95. The van der Waals surface area contributed by atoms with Crippen molar-refractivity contribution in [2.75, 3.05) is 13.1 Å². The predicted molar refractivity (Wildman–Crippen MR) is 93.0 cm³/mol. The molecule has 27 heavy (non-hydrogen) atoms. The average molecular weight is 370 g/mol.